The third kappa shape index (κ3) is 3.28. The zero-order chi connectivity index (χ0) is 11.1. The summed E-state index contributed by atoms with van der Waals surface area (Å²) in [6, 6.07) is 4.79. The fourth-order valence-corrected chi connectivity index (χ4v) is 1.90. The lowest BCUT2D eigenvalue weighted by Gasteiger charge is -2.18. The van der Waals surface area contributed by atoms with E-state index in [1.54, 1.807) is 0 Å². The monoisotopic (exact) mass is 209 g/mol. The largest absolute Gasteiger partial charge is 0.299 e. The number of rotatable bonds is 1. The van der Waals surface area contributed by atoms with Gasteiger partial charge in [-0.15, -0.1) is 0 Å². The highest BCUT2D eigenvalue weighted by Gasteiger charge is 2.21. The van der Waals surface area contributed by atoms with Crippen LogP contribution in [-0.2, 0) is 0 Å². The molecule has 1 aliphatic heterocycles. The third-order valence-electron chi connectivity index (χ3n) is 2.59. The van der Waals surface area contributed by atoms with Gasteiger partial charge in [0.2, 0.25) is 0 Å². The number of nitrogens with zero attached hydrogens (tertiary/aromatic N) is 2. The average Bonchev–Trinajstić information content (AvgIpc) is 2.67. The second-order valence-electron chi connectivity index (χ2n) is 3.51. The highest BCUT2D eigenvalue weighted by molar-refractivity contribution is 5.14. The van der Waals surface area contributed by atoms with E-state index in [9.17, 15) is 0 Å². The predicted octanol–water partition coefficient (Wildman–Crippen LogP) is 0.180. The second kappa shape index (κ2) is 6.08. The summed E-state index contributed by atoms with van der Waals surface area (Å²) in [5.41, 5.74) is 1.36. The van der Waals surface area contributed by atoms with Gasteiger partial charge in [0.05, 0.1) is 0 Å². The van der Waals surface area contributed by atoms with Crippen LogP contribution in [0.3, 0.4) is 0 Å². The van der Waals surface area contributed by atoms with Crippen LogP contribution in [0.2, 0.25) is 0 Å². The van der Waals surface area contributed by atoms with Crippen molar-refractivity contribution < 1.29 is 5.34 Å². The Morgan fingerprint density at radius 2 is 2.40 bits per heavy atom. The van der Waals surface area contributed by atoms with E-state index in [0.29, 0.717) is 6.04 Å². The van der Waals surface area contributed by atoms with Gasteiger partial charge in [-0.1, -0.05) is 6.07 Å². The van der Waals surface area contributed by atoms with E-state index in [4.69, 9.17) is 10.1 Å². The standard InChI is InChI=1S/C10H14N2.HNO2/c1-12-7-3-5-10(12)9-4-2-6-11-8-9;2-1-3/h2,4,6,8,10H,3,5,7H2,1H3;1H. The van der Waals surface area contributed by atoms with Crippen LogP contribution in [0.1, 0.15) is 24.4 Å². The van der Waals surface area contributed by atoms with Gasteiger partial charge in [0, 0.05) is 23.8 Å². The molecule has 0 saturated carbocycles. The zero-order valence-corrected chi connectivity index (χ0v) is 8.72. The summed E-state index contributed by atoms with van der Waals surface area (Å²) in [6.07, 6.45) is 6.41. The van der Waals surface area contributed by atoms with Gasteiger partial charge in [0.15, 0.2) is 0 Å². The molecule has 5 nitrogen and oxygen atoms in total. The molecule has 0 bridgehead atoms. The first-order chi connectivity index (χ1) is 7.29. The normalized spacial score (nSPS) is 20.5. The topological polar surface area (TPSA) is 70.2 Å². The first kappa shape index (κ1) is 11.6. The van der Waals surface area contributed by atoms with E-state index >= 15 is 0 Å². The number of hydrogen-bond donors (Lipinski definition) is 1. The van der Waals surface area contributed by atoms with Crippen molar-refractivity contribution in [3.63, 3.8) is 0 Å². The number of nitrogens with one attached hydrogen (secondary N) is 1. The Kier molecular flexibility index (Phi) is 4.70. The SMILES string of the molecule is CN1CCCC1c1cccnc1.O=[NH+][O-]. The molecule has 1 aromatic rings. The summed E-state index contributed by atoms with van der Waals surface area (Å²) < 4.78 is 0. The third-order valence-corrected chi connectivity index (χ3v) is 2.59. The van der Waals surface area contributed by atoms with Crippen molar-refractivity contribution in [2.75, 3.05) is 13.6 Å². The first-order valence-corrected chi connectivity index (χ1v) is 4.89. The molecule has 1 aromatic heterocycles. The molecule has 1 saturated heterocycles. The Labute approximate surface area is 88.7 Å². The fraction of sp³-hybridized carbons (Fsp3) is 0.500. The van der Waals surface area contributed by atoms with Crippen molar-refractivity contribution in [3.8, 4) is 0 Å². The van der Waals surface area contributed by atoms with Gasteiger partial charge in [-0.25, -0.2) is 0 Å². The predicted molar refractivity (Wildman–Crippen MR) is 56.5 cm³/mol. The first-order valence-electron chi connectivity index (χ1n) is 4.89. The Balaban J connectivity index is 0.000000337. The van der Waals surface area contributed by atoms with E-state index in [1.165, 1.54) is 24.9 Å². The lowest BCUT2D eigenvalue weighted by Crippen LogP contribution is -2.53. The minimum Gasteiger partial charge on any atom is -0.299 e. The zero-order valence-electron chi connectivity index (χ0n) is 8.72. The van der Waals surface area contributed by atoms with Crippen LogP contribution in [-0.4, -0.2) is 23.5 Å². The maximum Gasteiger partial charge on any atom is 0.0360 e. The molecule has 0 amide bonds. The van der Waals surface area contributed by atoms with Gasteiger partial charge in [-0.05, 0) is 38.1 Å². The van der Waals surface area contributed by atoms with Crippen LogP contribution in [0.5, 0.6) is 0 Å². The molecule has 82 valence electrons. The van der Waals surface area contributed by atoms with Crippen molar-refractivity contribution in [1.29, 1.82) is 0 Å². The van der Waals surface area contributed by atoms with Crippen molar-refractivity contribution >= 4 is 0 Å². The van der Waals surface area contributed by atoms with E-state index in [-0.39, 0.29) is 5.34 Å². The molecule has 2 heterocycles. The highest BCUT2D eigenvalue weighted by atomic mass is 16.6. The van der Waals surface area contributed by atoms with Crippen LogP contribution in [0, 0.1) is 10.1 Å². The Morgan fingerprint density at radius 1 is 1.67 bits per heavy atom. The van der Waals surface area contributed by atoms with Crippen LogP contribution in [0.4, 0.5) is 0 Å². The Hall–Kier alpha value is -1.49. The van der Waals surface area contributed by atoms with Crippen molar-refractivity contribution in [2.45, 2.75) is 18.9 Å². The molecule has 1 fully saturated rings. The van der Waals surface area contributed by atoms with Crippen LogP contribution in [0.15, 0.2) is 24.5 Å². The Morgan fingerprint density at radius 3 is 2.87 bits per heavy atom. The minimum atomic E-state index is 0.250. The molecule has 1 unspecified atom stereocenters. The van der Waals surface area contributed by atoms with E-state index < -0.39 is 0 Å². The molecule has 1 N–H and O–H groups in total. The smallest absolute Gasteiger partial charge is 0.0360 e. The fourth-order valence-electron chi connectivity index (χ4n) is 1.90. The molecule has 15 heavy (non-hydrogen) atoms. The number of hydrogen-bond acceptors (Lipinski definition) is 4. The molecule has 1 aliphatic rings. The van der Waals surface area contributed by atoms with Gasteiger partial charge in [-0.3, -0.25) is 20.0 Å². The average molecular weight is 209 g/mol. The molecule has 0 aromatic carbocycles. The summed E-state index contributed by atoms with van der Waals surface area (Å²) in [5, 5.41) is 8.38. The quantitative estimate of drug-likeness (QED) is 0.529. The summed E-state index contributed by atoms with van der Waals surface area (Å²) in [6.45, 7) is 1.22. The molecular formula is C10H15N3O2. The van der Waals surface area contributed by atoms with Crippen LogP contribution in [0.25, 0.3) is 0 Å². The lowest BCUT2D eigenvalue weighted by molar-refractivity contribution is -0.398. The lowest BCUT2D eigenvalue weighted by atomic mass is 10.1. The molecule has 1 atom stereocenters. The molecule has 0 radical (unpaired) electrons. The second-order valence-corrected chi connectivity index (χ2v) is 3.51. The molecule has 0 aliphatic carbocycles. The molecule has 5 heteroatoms. The van der Waals surface area contributed by atoms with Crippen LogP contribution >= 0.6 is 0 Å². The maximum absolute atomic E-state index is 8.12. The molecule has 0 spiro atoms. The van der Waals surface area contributed by atoms with Crippen molar-refractivity contribution in [3.05, 3.63) is 40.2 Å². The summed E-state index contributed by atoms with van der Waals surface area (Å²) >= 11 is 0. The van der Waals surface area contributed by atoms with Crippen LogP contribution < -0.4 is 5.34 Å². The van der Waals surface area contributed by atoms with Gasteiger partial charge in [0.1, 0.15) is 0 Å². The van der Waals surface area contributed by atoms with E-state index in [0.717, 1.165) is 0 Å². The summed E-state index contributed by atoms with van der Waals surface area (Å²) in [4.78, 5) is 14.7. The molecule has 2 rings (SSSR count). The summed E-state index contributed by atoms with van der Waals surface area (Å²) in [5.74, 6) is 0. The van der Waals surface area contributed by atoms with E-state index in [1.807, 2.05) is 18.5 Å². The number of likely N-dealkylation sites (tertiary alicyclic amines) is 1. The minimum absolute atomic E-state index is 0.250. The Bertz CT molecular complexity index is 292. The summed E-state index contributed by atoms with van der Waals surface area (Å²) in [7, 11) is 2.19. The van der Waals surface area contributed by atoms with Crippen molar-refractivity contribution in [1.82, 2.24) is 9.88 Å². The number of pyridine rings is 1. The van der Waals surface area contributed by atoms with E-state index in [2.05, 4.69) is 23.0 Å². The van der Waals surface area contributed by atoms with Gasteiger partial charge >= 0.3 is 0 Å². The van der Waals surface area contributed by atoms with Gasteiger partial charge in [0.25, 0.3) is 0 Å². The number of aromatic nitrogens is 1. The van der Waals surface area contributed by atoms with Gasteiger partial charge in [-0.2, -0.15) is 0 Å². The van der Waals surface area contributed by atoms with Gasteiger partial charge < -0.3 is 0 Å². The maximum atomic E-state index is 8.12. The van der Waals surface area contributed by atoms with Crippen molar-refractivity contribution in [2.24, 2.45) is 0 Å². The molecular weight excluding hydrogens is 194 g/mol. The highest BCUT2D eigenvalue weighted by Crippen LogP contribution is 2.29.